The molecular weight excluding hydrogens is 420 g/mol. The molecule has 1 saturated carbocycles. The Labute approximate surface area is 182 Å². The summed E-state index contributed by atoms with van der Waals surface area (Å²) in [6.07, 6.45) is 4.55. The van der Waals surface area contributed by atoms with Crippen molar-refractivity contribution in [1.29, 1.82) is 0 Å². The summed E-state index contributed by atoms with van der Waals surface area (Å²) in [6.45, 7) is 0. The van der Waals surface area contributed by atoms with Crippen LogP contribution in [0.5, 0.6) is 11.5 Å². The summed E-state index contributed by atoms with van der Waals surface area (Å²) in [5.74, 6) is 1.07. The molecule has 1 unspecified atom stereocenters. The normalized spacial score (nSPS) is 15.3. The first-order chi connectivity index (χ1) is 14.6. The second kappa shape index (κ2) is 9.14. The number of hydrogen-bond acceptors (Lipinski definition) is 6. The highest BCUT2D eigenvalue weighted by atomic mass is 32.2. The third kappa shape index (κ3) is 4.49. The van der Waals surface area contributed by atoms with E-state index in [1.165, 1.54) is 11.3 Å². The van der Waals surface area contributed by atoms with Gasteiger partial charge in [-0.2, -0.15) is 0 Å². The van der Waals surface area contributed by atoms with Gasteiger partial charge in [-0.15, -0.1) is 0 Å². The summed E-state index contributed by atoms with van der Waals surface area (Å²) < 4.78 is 24.3. The minimum Gasteiger partial charge on any atom is -0.493 e. The Morgan fingerprint density at radius 2 is 1.90 bits per heavy atom. The van der Waals surface area contributed by atoms with Crippen molar-refractivity contribution in [2.24, 2.45) is 0 Å². The van der Waals surface area contributed by atoms with Gasteiger partial charge in [-0.3, -0.25) is 9.00 Å². The molecule has 1 aliphatic carbocycles. The highest BCUT2D eigenvalue weighted by Gasteiger charge is 2.23. The van der Waals surface area contributed by atoms with Crippen molar-refractivity contribution in [3.8, 4) is 11.5 Å². The van der Waals surface area contributed by atoms with E-state index in [0.29, 0.717) is 16.6 Å². The molecule has 0 bridgehead atoms. The van der Waals surface area contributed by atoms with Gasteiger partial charge in [-0.1, -0.05) is 36.3 Å². The zero-order chi connectivity index (χ0) is 21.1. The molecule has 1 aliphatic rings. The van der Waals surface area contributed by atoms with Gasteiger partial charge in [0.1, 0.15) is 0 Å². The van der Waals surface area contributed by atoms with Crippen LogP contribution >= 0.6 is 11.3 Å². The molecular formula is C22H24N2O4S2. The third-order valence-corrected chi connectivity index (χ3v) is 7.97. The number of ether oxygens (including phenoxy) is 2. The van der Waals surface area contributed by atoms with Gasteiger partial charge in [0.15, 0.2) is 16.6 Å². The molecule has 4 rings (SSSR count). The minimum atomic E-state index is -1.00. The standard InChI is InChI=1S/C22H24N2O4S2/c1-27-18-12-17-20(13-19(18)28-2)29-22(23-17)24-21(25)11-14-6-5-9-16(10-14)30(26)15-7-3-4-8-15/h5-6,9-10,12-13,15H,3-4,7-8,11H2,1-2H3,(H,23,24,25). The van der Waals surface area contributed by atoms with E-state index in [-0.39, 0.29) is 17.6 Å². The van der Waals surface area contributed by atoms with E-state index in [9.17, 15) is 9.00 Å². The maximum atomic E-state index is 12.8. The summed E-state index contributed by atoms with van der Waals surface area (Å²) in [4.78, 5) is 17.9. The van der Waals surface area contributed by atoms with Gasteiger partial charge in [0.05, 0.1) is 41.7 Å². The first kappa shape index (κ1) is 20.8. The van der Waals surface area contributed by atoms with Gasteiger partial charge < -0.3 is 14.8 Å². The molecule has 0 radical (unpaired) electrons. The largest absolute Gasteiger partial charge is 0.493 e. The Kier molecular flexibility index (Phi) is 6.34. The Morgan fingerprint density at radius 3 is 2.63 bits per heavy atom. The molecule has 1 aromatic heterocycles. The number of carbonyl (C=O) groups is 1. The number of aromatic nitrogens is 1. The van der Waals surface area contributed by atoms with Crippen LogP contribution < -0.4 is 14.8 Å². The number of methoxy groups -OCH3 is 2. The van der Waals surface area contributed by atoms with Crippen LogP contribution in [0.2, 0.25) is 0 Å². The fourth-order valence-electron chi connectivity index (χ4n) is 3.73. The van der Waals surface area contributed by atoms with Gasteiger partial charge in [-0.05, 0) is 30.5 Å². The number of nitrogens with one attached hydrogen (secondary N) is 1. The van der Waals surface area contributed by atoms with Crippen molar-refractivity contribution in [1.82, 2.24) is 4.98 Å². The van der Waals surface area contributed by atoms with Crippen LogP contribution in [0, 0.1) is 0 Å². The van der Waals surface area contributed by atoms with Crippen molar-refractivity contribution in [3.05, 3.63) is 42.0 Å². The Hall–Kier alpha value is -2.45. The number of carbonyl (C=O) groups excluding carboxylic acids is 1. The third-order valence-electron chi connectivity index (χ3n) is 5.24. The molecule has 1 atom stereocenters. The molecule has 30 heavy (non-hydrogen) atoms. The molecule has 3 aromatic rings. The van der Waals surface area contributed by atoms with E-state index < -0.39 is 10.8 Å². The van der Waals surface area contributed by atoms with E-state index >= 15 is 0 Å². The number of thiazole rings is 1. The van der Waals surface area contributed by atoms with Crippen LogP contribution in [0.25, 0.3) is 10.2 Å². The molecule has 1 amide bonds. The second-order valence-electron chi connectivity index (χ2n) is 7.27. The van der Waals surface area contributed by atoms with Crippen molar-refractivity contribution in [3.63, 3.8) is 0 Å². The summed E-state index contributed by atoms with van der Waals surface area (Å²) >= 11 is 1.38. The predicted octanol–water partition coefficient (Wildman–Crippen LogP) is 4.54. The van der Waals surface area contributed by atoms with E-state index in [1.807, 2.05) is 30.3 Å². The van der Waals surface area contributed by atoms with Gasteiger partial charge >= 0.3 is 0 Å². The topological polar surface area (TPSA) is 77.5 Å². The average molecular weight is 445 g/mol. The molecule has 2 aromatic carbocycles. The lowest BCUT2D eigenvalue weighted by Crippen LogP contribution is -2.15. The predicted molar refractivity (Wildman–Crippen MR) is 120 cm³/mol. The minimum absolute atomic E-state index is 0.156. The zero-order valence-corrected chi connectivity index (χ0v) is 18.6. The monoisotopic (exact) mass is 444 g/mol. The quantitative estimate of drug-likeness (QED) is 0.579. The Balaban J connectivity index is 1.45. The maximum absolute atomic E-state index is 12.8. The van der Waals surface area contributed by atoms with Crippen LogP contribution in [0.1, 0.15) is 31.2 Å². The number of fused-ring (bicyclic) bond motifs is 1. The van der Waals surface area contributed by atoms with Crippen molar-refractivity contribution in [2.75, 3.05) is 19.5 Å². The molecule has 1 heterocycles. The fourth-order valence-corrected chi connectivity index (χ4v) is 6.25. The van der Waals surface area contributed by atoms with Crippen LogP contribution in [0.4, 0.5) is 5.13 Å². The smallest absolute Gasteiger partial charge is 0.230 e. The average Bonchev–Trinajstić information content (AvgIpc) is 3.41. The van der Waals surface area contributed by atoms with Gasteiger partial charge in [0.25, 0.3) is 0 Å². The SMILES string of the molecule is COc1cc2nc(NC(=O)Cc3cccc(S(=O)C4CCCC4)c3)sc2cc1OC. The number of hydrogen-bond donors (Lipinski definition) is 1. The molecule has 0 saturated heterocycles. The molecule has 1 N–H and O–H groups in total. The molecule has 0 aliphatic heterocycles. The van der Waals surface area contributed by atoms with Crippen LogP contribution in [-0.4, -0.2) is 34.6 Å². The highest BCUT2D eigenvalue weighted by Crippen LogP contribution is 2.36. The summed E-state index contributed by atoms with van der Waals surface area (Å²) in [7, 11) is 2.16. The molecule has 0 spiro atoms. The lowest BCUT2D eigenvalue weighted by Gasteiger charge is -2.10. The maximum Gasteiger partial charge on any atom is 0.230 e. The van der Waals surface area contributed by atoms with Gasteiger partial charge in [-0.25, -0.2) is 4.98 Å². The molecule has 158 valence electrons. The van der Waals surface area contributed by atoms with Crippen molar-refractivity contribution in [2.45, 2.75) is 42.2 Å². The number of amides is 1. The Morgan fingerprint density at radius 1 is 1.17 bits per heavy atom. The number of nitrogens with zero attached hydrogens (tertiary/aromatic N) is 1. The molecule has 6 nitrogen and oxygen atoms in total. The summed E-state index contributed by atoms with van der Waals surface area (Å²) in [6, 6.07) is 11.2. The summed E-state index contributed by atoms with van der Waals surface area (Å²) in [5.41, 5.74) is 1.59. The van der Waals surface area contributed by atoms with Crippen LogP contribution in [-0.2, 0) is 22.0 Å². The van der Waals surface area contributed by atoms with Crippen molar-refractivity contribution < 1.29 is 18.5 Å². The summed E-state index contributed by atoms with van der Waals surface area (Å²) in [5, 5.41) is 3.64. The fraction of sp³-hybridized carbons (Fsp3) is 0.364. The second-order valence-corrected chi connectivity index (χ2v) is 10.0. The number of rotatable bonds is 7. The Bertz CT molecular complexity index is 1050. The number of anilines is 1. The van der Waals surface area contributed by atoms with E-state index in [4.69, 9.17) is 9.47 Å². The van der Waals surface area contributed by atoms with E-state index in [1.54, 1.807) is 20.3 Å². The first-order valence-corrected chi connectivity index (χ1v) is 11.9. The molecule has 8 heteroatoms. The first-order valence-electron chi connectivity index (χ1n) is 9.89. The van der Waals surface area contributed by atoms with Gasteiger partial charge in [0, 0.05) is 22.3 Å². The lowest BCUT2D eigenvalue weighted by molar-refractivity contribution is -0.115. The lowest BCUT2D eigenvalue weighted by atomic mass is 10.1. The van der Waals surface area contributed by atoms with Crippen LogP contribution in [0.3, 0.4) is 0 Å². The van der Waals surface area contributed by atoms with E-state index in [0.717, 1.165) is 46.4 Å². The zero-order valence-electron chi connectivity index (χ0n) is 17.0. The molecule has 1 fully saturated rings. The van der Waals surface area contributed by atoms with Crippen LogP contribution in [0.15, 0.2) is 41.3 Å². The van der Waals surface area contributed by atoms with Crippen molar-refractivity contribution >= 4 is 43.4 Å². The number of benzene rings is 2. The van der Waals surface area contributed by atoms with Gasteiger partial charge in [0.2, 0.25) is 5.91 Å². The van der Waals surface area contributed by atoms with E-state index in [2.05, 4.69) is 10.3 Å². The highest BCUT2D eigenvalue weighted by molar-refractivity contribution is 7.85.